The van der Waals surface area contributed by atoms with E-state index < -0.39 is 0 Å². The van der Waals surface area contributed by atoms with E-state index in [1.807, 2.05) is 13.0 Å². The van der Waals surface area contributed by atoms with Crippen LogP contribution in [0.5, 0.6) is 0 Å². The van der Waals surface area contributed by atoms with E-state index in [-0.39, 0.29) is 6.09 Å². The van der Waals surface area contributed by atoms with Gasteiger partial charge in [-0.1, -0.05) is 29.8 Å². The van der Waals surface area contributed by atoms with E-state index in [1.54, 1.807) is 11.2 Å². The summed E-state index contributed by atoms with van der Waals surface area (Å²) in [4.78, 5) is 24.4. The number of anilines is 2. The van der Waals surface area contributed by atoms with E-state index in [2.05, 4.69) is 51.4 Å². The summed E-state index contributed by atoms with van der Waals surface area (Å²) >= 11 is 0. The molecule has 2 heterocycles. The molecule has 0 unspecified atom stereocenters. The number of aryl methyl sites for hydroxylation is 1. The lowest BCUT2D eigenvalue weighted by Crippen LogP contribution is -2.49. The number of nitrogens with zero attached hydrogens (tertiary/aromatic N) is 4. The minimum atomic E-state index is -0.240. The number of benzene rings is 1. The molecule has 0 atom stereocenters. The molecule has 26 heavy (non-hydrogen) atoms. The summed E-state index contributed by atoms with van der Waals surface area (Å²) in [6.07, 6.45) is 1.33. The monoisotopic (exact) mass is 355 g/mol. The van der Waals surface area contributed by atoms with Crippen LogP contribution in [-0.2, 0) is 11.3 Å². The minimum absolute atomic E-state index is 0.240. The molecule has 1 fully saturated rings. The largest absolute Gasteiger partial charge is 0.450 e. The molecular formula is C19H25N5O2. The van der Waals surface area contributed by atoms with E-state index in [4.69, 9.17) is 4.74 Å². The first-order valence-electron chi connectivity index (χ1n) is 8.94. The molecule has 138 valence electrons. The van der Waals surface area contributed by atoms with Crippen molar-refractivity contribution in [1.82, 2.24) is 14.9 Å². The third kappa shape index (κ3) is 4.62. The van der Waals surface area contributed by atoms with Crippen LogP contribution < -0.4 is 10.2 Å². The maximum Gasteiger partial charge on any atom is 0.409 e. The van der Waals surface area contributed by atoms with Gasteiger partial charge in [0.1, 0.15) is 18.0 Å². The van der Waals surface area contributed by atoms with Gasteiger partial charge in [0.05, 0.1) is 6.61 Å². The SMILES string of the molecule is CCOC(=O)N1CCN(c2cc(NCc3ccc(C)cc3)ncn2)CC1. The number of ether oxygens (including phenoxy) is 1. The predicted octanol–water partition coefficient (Wildman–Crippen LogP) is 2.68. The van der Waals surface area contributed by atoms with Crippen LogP contribution in [0.4, 0.5) is 16.4 Å². The Balaban J connectivity index is 1.56. The highest BCUT2D eigenvalue weighted by molar-refractivity contribution is 5.68. The van der Waals surface area contributed by atoms with Gasteiger partial charge in [-0.3, -0.25) is 0 Å². The molecule has 0 aliphatic carbocycles. The standard InChI is InChI=1S/C19H25N5O2/c1-3-26-19(25)24-10-8-23(9-11-24)18-12-17(21-14-22-18)20-13-16-6-4-15(2)5-7-16/h4-7,12,14H,3,8-11,13H2,1-2H3,(H,20,21,22). The molecule has 1 aromatic carbocycles. The fourth-order valence-electron chi connectivity index (χ4n) is 2.85. The molecule has 7 nitrogen and oxygen atoms in total. The summed E-state index contributed by atoms with van der Waals surface area (Å²) in [5, 5.41) is 3.34. The van der Waals surface area contributed by atoms with Crippen LogP contribution in [0, 0.1) is 6.92 Å². The van der Waals surface area contributed by atoms with Gasteiger partial charge in [0.25, 0.3) is 0 Å². The Morgan fingerprint density at radius 3 is 2.58 bits per heavy atom. The zero-order chi connectivity index (χ0) is 18.4. The van der Waals surface area contributed by atoms with Gasteiger partial charge in [0.2, 0.25) is 0 Å². The lowest BCUT2D eigenvalue weighted by atomic mass is 10.1. The van der Waals surface area contributed by atoms with Gasteiger partial charge in [-0.05, 0) is 19.4 Å². The van der Waals surface area contributed by atoms with Gasteiger partial charge in [-0.25, -0.2) is 14.8 Å². The second kappa shape index (κ2) is 8.51. The lowest BCUT2D eigenvalue weighted by molar-refractivity contribution is 0.105. The maximum absolute atomic E-state index is 11.8. The highest BCUT2D eigenvalue weighted by Crippen LogP contribution is 2.17. The van der Waals surface area contributed by atoms with Crippen molar-refractivity contribution in [2.75, 3.05) is 43.0 Å². The number of carbonyl (C=O) groups is 1. The zero-order valence-corrected chi connectivity index (χ0v) is 15.3. The van der Waals surface area contributed by atoms with E-state index in [0.29, 0.717) is 26.2 Å². The van der Waals surface area contributed by atoms with Crippen LogP contribution in [0.2, 0.25) is 0 Å². The molecule has 2 aromatic rings. The summed E-state index contributed by atoms with van der Waals surface area (Å²) in [6.45, 7) is 7.74. The Morgan fingerprint density at radius 1 is 1.15 bits per heavy atom. The van der Waals surface area contributed by atoms with Gasteiger partial charge in [0.15, 0.2) is 0 Å². The van der Waals surface area contributed by atoms with Gasteiger partial charge in [-0.2, -0.15) is 0 Å². The predicted molar refractivity (Wildman–Crippen MR) is 101 cm³/mol. The second-order valence-electron chi connectivity index (χ2n) is 6.27. The third-order valence-corrected chi connectivity index (χ3v) is 4.38. The maximum atomic E-state index is 11.8. The van der Waals surface area contributed by atoms with Crippen molar-refractivity contribution in [2.24, 2.45) is 0 Å². The van der Waals surface area contributed by atoms with E-state index in [9.17, 15) is 4.79 Å². The minimum Gasteiger partial charge on any atom is -0.450 e. The molecular weight excluding hydrogens is 330 g/mol. The number of rotatable bonds is 5. The summed E-state index contributed by atoms with van der Waals surface area (Å²) in [7, 11) is 0. The van der Waals surface area contributed by atoms with E-state index in [0.717, 1.165) is 24.7 Å². The molecule has 1 aromatic heterocycles. The average Bonchev–Trinajstić information content (AvgIpc) is 2.68. The highest BCUT2D eigenvalue weighted by Gasteiger charge is 2.22. The number of aromatic nitrogens is 2. The van der Waals surface area contributed by atoms with Crippen molar-refractivity contribution in [3.8, 4) is 0 Å². The Kier molecular flexibility index (Phi) is 5.88. The number of nitrogens with one attached hydrogen (secondary N) is 1. The van der Waals surface area contributed by atoms with Gasteiger partial charge < -0.3 is 19.9 Å². The summed E-state index contributed by atoms with van der Waals surface area (Å²) in [5.74, 6) is 1.67. The molecule has 1 N–H and O–H groups in total. The van der Waals surface area contributed by atoms with Crippen molar-refractivity contribution in [3.05, 3.63) is 47.8 Å². The van der Waals surface area contributed by atoms with Crippen molar-refractivity contribution in [3.63, 3.8) is 0 Å². The number of hydrogen-bond donors (Lipinski definition) is 1. The Labute approximate surface area is 154 Å². The van der Waals surface area contributed by atoms with E-state index >= 15 is 0 Å². The number of carbonyl (C=O) groups excluding carboxylic acids is 1. The van der Waals surface area contributed by atoms with Gasteiger partial charge in [0, 0.05) is 38.8 Å². The molecule has 0 bridgehead atoms. The molecule has 0 spiro atoms. The summed E-state index contributed by atoms with van der Waals surface area (Å²) < 4.78 is 5.06. The van der Waals surface area contributed by atoms with Gasteiger partial charge in [-0.15, -0.1) is 0 Å². The first kappa shape index (κ1) is 18.0. The zero-order valence-electron chi connectivity index (χ0n) is 15.3. The highest BCUT2D eigenvalue weighted by atomic mass is 16.6. The molecule has 3 rings (SSSR count). The molecule has 1 aliphatic heterocycles. The molecule has 1 saturated heterocycles. The van der Waals surface area contributed by atoms with Gasteiger partial charge >= 0.3 is 6.09 Å². The number of amides is 1. The van der Waals surface area contributed by atoms with Crippen LogP contribution in [0.25, 0.3) is 0 Å². The first-order valence-corrected chi connectivity index (χ1v) is 8.94. The quantitative estimate of drug-likeness (QED) is 0.889. The smallest absolute Gasteiger partial charge is 0.409 e. The Hall–Kier alpha value is -2.83. The van der Waals surface area contributed by atoms with Crippen molar-refractivity contribution >= 4 is 17.7 Å². The van der Waals surface area contributed by atoms with Crippen LogP contribution >= 0.6 is 0 Å². The molecule has 1 aliphatic rings. The summed E-state index contributed by atoms with van der Waals surface area (Å²) in [6, 6.07) is 10.4. The average molecular weight is 355 g/mol. The fourth-order valence-corrected chi connectivity index (χ4v) is 2.85. The second-order valence-corrected chi connectivity index (χ2v) is 6.27. The Bertz CT molecular complexity index is 727. The number of piperazine rings is 1. The first-order chi connectivity index (χ1) is 12.7. The normalized spacial score (nSPS) is 14.2. The topological polar surface area (TPSA) is 70.6 Å². The molecule has 1 amide bonds. The summed E-state index contributed by atoms with van der Waals surface area (Å²) in [5.41, 5.74) is 2.46. The van der Waals surface area contributed by atoms with Crippen LogP contribution in [-0.4, -0.2) is 53.7 Å². The third-order valence-electron chi connectivity index (χ3n) is 4.38. The van der Waals surface area contributed by atoms with Crippen LogP contribution in [0.15, 0.2) is 36.7 Å². The van der Waals surface area contributed by atoms with E-state index in [1.165, 1.54) is 11.1 Å². The Morgan fingerprint density at radius 2 is 1.88 bits per heavy atom. The number of hydrogen-bond acceptors (Lipinski definition) is 6. The van der Waals surface area contributed by atoms with Crippen LogP contribution in [0.1, 0.15) is 18.1 Å². The van der Waals surface area contributed by atoms with Crippen molar-refractivity contribution in [1.29, 1.82) is 0 Å². The fraction of sp³-hybridized carbons (Fsp3) is 0.421. The molecule has 0 saturated carbocycles. The van der Waals surface area contributed by atoms with Crippen LogP contribution in [0.3, 0.4) is 0 Å². The van der Waals surface area contributed by atoms with Crippen molar-refractivity contribution in [2.45, 2.75) is 20.4 Å². The lowest BCUT2D eigenvalue weighted by Gasteiger charge is -2.34. The molecule has 7 heteroatoms. The molecule has 0 radical (unpaired) electrons. The van der Waals surface area contributed by atoms with Crippen molar-refractivity contribution < 1.29 is 9.53 Å².